The van der Waals surface area contributed by atoms with Crippen molar-refractivity contribution in [2.45, 2.75) is 37.8 Å². The number of imide groups is 2. The van der Waals surface area contributed by atoms with Gasteiger partial charge in [-0.15, -0.1) is 0 Å². The molecule has 3 aliphatic rings. The normalized spacial score (nSPS) is 20.2. The Kier molecular flexibility index (Phi) is 7.68. The molecule has 2 saturated heterocycles. The lowest BCUT2D eigenvalue weighted by atomic mass is 10.0. The molecule has 0 spiro atoms. The lowest BCUT2D eigenvalue weighted by molar-refractivity contribution is -0.136. The van der Waals surface area contributed by atoms with Crippen molar-refractivity contribution in [3.8, 4) is 17.0 Å². The first-order valence-corrected chi connectivity index (χ1v) is 15.3. The molecule has 4 aromatic rings. The lowest BCUT2D eigenvalue weighted by Crippen LogP contribution is -2.54. The zero-order valence-corrected chi connectivity index (χ0v) is 25.0. The fourth-order valence-corrected chi connectivity index (χ4v) is 6.50. The molecule has 7 rings (SSSR count). The van der Waals surface area contributed by atoms with E-state index in [2.05, 4.69) is 25.5 Å². The van der Waals surface area contributed by atoms with E-state index >= 15 is 0 Å². The summed E-state index contributed by atoms with van der Waals surface area (Å²) in [6.45, 7) is 2.84. The summed E-state index contributed by atoms with van der Waals surface area (Å²) < 4.78 is 5.99. The number of carbonyl (C=O) groups is 4. The standard InChI is InChI=1S/C32H30ClN7O5/c33-22-16-35-32(38-28(22)21-15-34-23-7-2-1-5-19(21)23)36-18-11-13-39(17-18)12-4-14-45-25-8-3-6-20-27(25)31(44)40(30(20)43)24-9-10-26(41)37-29(24)42/h1-3,5-8,15-16,18,24,34H,4,9-14,17H2,(H,35,36,38)(H,37,41,42)/t18-,24?/m1/s1. The third-order valence-corrected chi connectivity index (χ3v) is 8.78. The highest BCUT2D eigenvalue weighted by molar-refractivity contribution is 6.33. The summed E-state index contributed by atoms with van der Waals surface area (Å²) in [7, 11) is 0. The van der Waals surface area contributed by atoms with Crippen LogP contribution in [-0.2, 0) is 9.59 Å². The Balaban J connectivity index is 0.930. The van der Waals surface area contributed by atoms with Crippen molar-refractivity contribution in [1.29, 1.82) is 0 Å². The zero-order chi connectivity index (χ0) is 31.1. The third-order valence-electron chi connectivity index (χ3n) is 8.50. The number of halogens is 1. The number of hydrogen-bond donors (Lipinski definition) is 3. The summed E-state index contributed by atoms with van der Waals surface area (Å²) in [4.78, 5) is 65.9. The monoisotopic (exact) mass is 627 g/mol. The van der Waals surface area contributed by atoms with Crippen LogP contribution in [0.3, 0.4) is 0 Å². The molecule has 5 heterocycles. The van der Waals surface area contributed by atoms with Gasteiger partial charge in [0.15, 0.2) is 0 Å². The van der Waals surface area contributed by atoms with Gasteiger partial charge in [0.05, 0.1) is 34.6 Å². The molecule has 3 N–H and O–H groups in total. The van der Waals surface area contributed by atoms with E-state index in [0.29, 0.717) is 35.4 Å². The van der Waals surface area contributed by atoms with E-state index < -0.39 is 29.7 Å². The van der Waals surface area contributed by atoms with Crippen LogP contribution in [0.15, 0.2) is 54.9 Å². The molecule has 3 aliphatic heterocycles. The topological polar surface area (TPSA) is 150 Å². The number of piperidine rings is 1. The molecule has 2 aromatic carbocycles. The molecule has 0 radical (unpaired) electrons. The molecular weight excluding hydrogens is 598 g/mol. The number of benzene rings is 2. The first kappa shape index (κ1) is 28.9. The van der Waals surface area contributed by atoms with Gasteiger partial charge in [-0.25, -0.2) is 9.97 Å². The molecule has 13 heteroatoms. The minimum atomic E-state index is -1.02. The van der Waals surface area contributed by atoms with Gasteiger partial charge in [-0.2, -0.15) is 0 Å². The molecule has 0 aliphatic carbocycles. The molecular formula is C32H30ClN7O5. The van der Waals surface area contributed by atoms with Crippen LogP contribution in [0.25, 0.3) is 22.2 Å². The number of aromatic nitrogens is 3. The fourth-order valence-electron chi connectivity index (χ4n) is 6.30. The van der Waals surface area contributed by atoms with Crippen LogP contribution in [0.5, 0.6) is 5.75 Å². The molecule has 2 atom stereocenters. The maximum Gasteiger partial charge on any atom is 0.266 e. The summed E-state index contributed by atoms with van der Waals surface area (Å²) >= 11 is 6.49. The number of anilines is 1. The predicted octanol–water partition coefficient (Wildman–Crippen LogP) is 3.63. The molecule has 0 saturated carbocycles. The van der Waals surface area contributed by atoms with Crippen LogP contribution in [0.4, 0.5) is 5.95 Å². The smallest absolute Gasteiger partial charge is 0.266 e. The highest BCUT2D eigenvalue weighted by atomic mass is 35.5. The molecule has 45 heavy (non-hydrogen) atoms. The maximum atomic E-state index is 13.3. The number of amides is 4. The van der Waals surface area contributed by atoms with Crippen molar-refractivity contribution in [2.75, 3.05) is 31.6 Å². The lowest BCUT2D eigenvalue weighted by Gasteiger charge is -2.27. The Morgan fingerprint density at radius 2 is 1.89 bits per heavy atom. The van der Waals surface area contributed by atoms with Crippen molar-refractivity contribution in [3.63, 3.8) is 0 Å². The Morgan fingerprint density at radius 3 is 2.76 bits per heavy atom. The number of hydrogen-bond acceptors (Lipinski definition) is 9. The molecule has 1 unspecified atom stereocenters. The van der Waals surface area contributed by atoms with Gasteiger partial charge < -0.3 is 19.9 Å². The first-order valence-electron chi connectivity index (χ1n) is 14.9. The van der Waals surface area contributed by atoms with E-state index in [9.17, 15) is 19.2 Å². The van der Waals surface area contributed by atoms with Gasteiger partial charge in [-0.3, -0.25) is 29.4 Å². The van der Waals surface area contributed by atoms with Gasteiger partial charge in [0.2, 0.25) is 17.8 Å². The number of aromatic amines is 1. The number of H-pyrrole nitrogens is 1. The maximum absolute atomic E-state index is 13.3. The number of fused-ring (bicyclic) bond motifs is 2. The average molecular weight is 628 g/mol. The first-order chi connectivity index (χ1) is 21.9. The summed E-state index contributed by atoms with van der Waals surface area (Å²) in [5.41, 5.74) is 2.97. The Bertz CT molecular complexity index is 1840. The van der Waals surface area contributed by atoms with E-state index in [1.54, 1.807) is 24.4 Å². The quantitative estimate of drug-likeness (QED) is 0.187. The Hall–Kier alpha value is -4.81. The summed E-state index contributed by atoms with van der Waals surface area (Å²) in [6, 6.07) is 12.0. The number of likely N-dealkylation sites (tertiary alicyclic amines) is 1. The van der Waals surface area contributed by atoms with Crippen LogP contribution in [0.1, 0.15) is 46.4 Å². The number of para-hydroxylation sites is 1. The SMILES string of the molecule is O=C1CCC(N2C(=O)c3cccc(OCCCN4CC[C@@H](Nc5ncc(Cl)c(-c6c[nH]c7ccccc67)n5)C4)c3C2=O)C(=O)N1. The number of rotatable bonds is 9. The number of carbonyl (C=O) groups excluding carboxylic acids is 4. The van der Waals surface area contributed by atoms with Crippen molar-refractivity contribution < 1.29 is 23.9 Å². The van der Waals surface area contributed by atoms with E-state index in [-0.39, 0.29) is 30.0 Å². The molecule has 2 aromatic heterocycles. The minimum absolute atomic E-state index is 0.0683. The van der Waals surface area contributed by atoms with Crippen molar-refractivity contribution >= 4 is 52.1 Å². The fraction of sp³-hybridized carbons (Fsp3) is 0.312. The largest absolute Gasteiger partial charge is 0.493 e. The Labute approximate surface area is 263 Å². The van der Waals surface area contributed by atoms with Gasteiger partial charge in [0, 0.05) is 54.8 Å². The molecule has 12 nitrogen and oxygen atoms in total. The van der Waals surface area contributed by atoms with Gasteiger partial charge in [0.25, 0.3) is 11.8 Å². The Morgan fingerprint density at radius 1 is 1.02 bits per heavy atom. The third kappa shape index (κ3) is 5.51. The van der Waals surface area contributed by atoms with E-state index in [4.69, 9.17) is 21.3 Å². The minimum Gasteiger partial charge on any atom is -0.493 e. The molecule has 230 valence electrons. The average Bonchev–Trinajstić information content (AvgIpc) is 3.73. The highest BCUT2D eigenvalue weighted by Gasteiger charge is 2.46. The summed E-state index contributed by atoms with van der Waals surface area (Å²) in [5, 5.41) is 7.19. The van der Waals surface area contributed by atoms with Crippen molar-refractivity contribution in [3.05, 3.63) is 71.0 Å². The summed E-state index contributed by atoms with van der Waals surface area (Å²) in [5.74, 6) is -1.34. The zero-order valence-electron chi connectivity index (χ0n) is 24.2. The number of ether oxygens (including phenoxy) is 1. The van der Waals surface area contributed by atoms with Crippen LogP contribution < -0.4 is 15.4 Å². The molecule has 0 bridgehead atoms. The molecule has 2 fully saturated rings. The summed E-state index contributed by atoms with van der Waals surface area (Å²) in [6.07, 6.45) is 5.34. The van der Waals surface area contributed by atoms with Gasteiger partial charge in [-0.1, -0.05) is 35.9 Å². The van der Waals surface area contributed by atoms with E-state index in [1.807, 2.05) is 30.5 Å². The number of nitrogens with zero attached hydrogens (tertiary/aromatic N) is 4. The van der Waals surface area contributed by atoms with Crippen molar-refractivity contribution in [1.82, 2.24) is 30.1 Å². The highest BCUT2D eigenvalue weighted by Crippen LogP contribution is 2.34. The second kappa shape index (κ2) is 11.9. The van der Waals surface area contributed by atoms with Crippen LogP contribution in [0, 0.1) is 0 Å². The van der Waals surface area contributed by atoms with Gasteiger partial charge in [-0.05, 0) is 37.5 Å². The van der Waals surface area contributed by atoms with Gasteiger partial charge in [0.1, 0.15) is 11.8 Å². The second-order valence-corrected chi connectivity index (χ2v) is 11.8. The number of nitrogens with one attached hydrogen (secondary N) is 3. The van der Waals surface area contributed by atoms with Gasteiger partial charge >= 0.3 is 0 Å². The van der Waals surface area contributed by atoms with Crippen LogP contribution >= 0.6 is 11.6 Å². The second-order valence-electron chi connectivity index (χ2n) is 11.4. The van der Waals surface area contributed by atoms with Crippen LogP contribution in [0.2, 0.25) is 5.02 Å². The van der Waals surface area contributed by atoms with E-state index in [1.165, 1.54) is 0 Å². The molecule has 4 amide bonds. The predicted molar refractivity (Wildman–Crippen MR) is 166 cm³/mol. The van der Waals surface area contributed by atoms with E-state index in [0.717, 1.165) is 47.4 Å². The van der Waals surface area contributed by atoms with Crippen LogP contribution in [-0.4, -0.2) is 86.7 Å². The van der Waals surface area contributed by atoms with Crippen molar-refractivity contribution in [2.24, 2.45) is 0 Å².